The fraction of sp³-hybridized carbons (Fsp3) is 0. The number of aromatic amines is 2. The molecule has 3 aromatic heterocycles. The van der Waals surface area contributed by atoms with Crippen LogP contribution >= 0.6 is 0 Å². The molecule has 9 rings (SSSR count). The number of H-pyrrole nitrogens is 2. The van der Waals surface area contributed by atoms with Crippen LogP contribution in [0, 0.1) is 0 Å². The summed E-state index contributed by atoms with van der Waals surface area (Å²) in [7, 11) is 0. The van der Waals surface area contributed by atoms with Gasteiger partial charge in [-0.2, -0.15) is 0 Å². The molecular weight excluding hydrogens is 802 g/mol. The largest absolute Gasteiger partial charge is 1.00 e. The molecule has 0 atom stereocenters. The van der Waals surface area contributed by atoms with Crippen molar-refractivity contribution in [3.8, 4) is 50.3 Å². The molecule has 61 heavy (non-hydrogen) atoms. The summed E-state index contributed by atoms with van der Waals surface area (Å²) in [6.07, 6.45) is 7.49. The van der Waals surface area contributed by atoms with Crippen molar-refractivity contribution in [2.24, 2.45) is 0 Å². The van der Waals surface area contributed by atoms with Crippen LogP contribution in [0.15, 0.2) is 121 Å². The van der Waals surface area contributed by atoms with Gasteiger partial charge in [0.2, 0.25) is 0 Å². The third-order valence-electron chi connectivity index (χ3n) is 10.1. The number of rotatable bonds is 7. The predicted molar refractivity (Wildman–Crippen MR) is 215 cm³/mol. The van der Waals surface area contributed by atoms with Gasteiger partial charge in [0.1, 0.15) is 5.75 Å². The third kappa shape index (κ3) is 8.89. The maximum atomic E-state index is 11.7. The second kappa shape index (κ2) is 18.8. The summed E-state index contributed by atoms with van der Waals surface area (Å²) < 4.78 is 0. The molecule has 0 fully saturated rings. The van der Waals surface area contributed by atoms with Crippen molar-refractivity contribution in [1.29, 1.82) is 0 Å². The molecule has 0 amide bonds. The molecule has 0 spiro atoms. The number of carbonyl (C=O) groups is 3. The van der Waals surface area contributed by atoms with Gasteiger partial charge in [-0.3, -0.25) is 0 Å². The molecule has 14 heteroatoms. The average molecular weight is 829 g/mol. The van der Waals surface area contributed by atoms with Gasteiger partial charge in [0.15, 0.2) is 0 Å². The predicted octanol–water partition coefficient (Wildman–Crippen LogP) is -2.87. The normalized spacial score (nSPS) is 11.2. The first-order chi connectivity index (χ1) is 28.1. The van der Waals surface area contributed by atoms with Crippen LogP contribution in [0.2, 0.25) is 0 Å². The number of aromatic hydroxyl groups is 1. The van der Waals surface area contributed by atoms with Crippen LogP contribution in [0.25, 0.3) is 90.9 Å². The molecule has 0 unspecified atom stereocenters. The Morgan fingerprint density at radius 3 is 0.836 bits per heavy atom. The van der Waals surface area contributed by atoms with E-state index in [1.165, 1.54) is 36.4 Å². The van der Waals surface area contributed by atoms with Crippen molar-refractivity contribution >= 4 is 64.3 Å². The molecule has 8 bridgehead atoms. The van der Waals surface area contributed by atoms with E-state index >= 15 is 0 Å². The molecule has 3 N–H and O–H groups in total. The van der Waals surface area contributed by atoms with Crippen LogP contribution in [0.3, 0.4) is 0 Å². The van der Waals surface area contributed by atoms with Crippen LogP contribution < -0.4 is 104 Å². The Hall–Kier alpha value is -5.31. The Kier molecular flexibility index (Phi) is 13.9. The van der Waals surface area contributed by atoms with E-state index in [4.69, 9.17) is 9.97 Å². The van der Waals surface area contributed by atoms with Gasteiger partial charge < -0.3 is 44.8 Å². The first-order valence-electron chi connectivity index (χ1n) is 18.0. The van der Waals surface area contributed by atoms with Crippen molar-refractivity contribution in [3.63, 3.8) is 0 Å². The number of hydrogen-bond donors (Lipinski definition) is 3. The van der Waals surface area contributed by atoms with Crippen LogP contribution in [-0.4, -0.2) is 43.0 Å². The maximum absolute atomic E-state index is 11.7. The van der Waals surface area contributed by atoms with Crippen LogP contribution in [0.5, 0.6) is 5.75 Å². The first kappa shape index (κ1) is 45.2. The molecule has 0 aliphatic carbocycles. The zero-order chi connectivity index (χ0) is 40.1. The van der Waals surface area contributed by atoms with Gasteiger partial charge in [-0.1, -0.05) is 84.9 Å². The summed E-state index contributed by atoms with van der Waals surface area (Å²) in [4.78, 5) is 52.5. The standard InChI is InChI=1S/C47H30N4O7.3Na/c52-32-15-13-28(14-16-32)44-39-23-21-37(50-39)42(26-3-9-30(10-4-26)46(55)56)35-19-17-33(48-35)41(25-1-7-29(8-2-25)45(53)54)34-18-20-36(49-34)43(38-22-24-40(44)51-38)27-5-11-31(12-6-27)47(57)58;;;/h1-24,48,51-52H,(H,53,54)(H,55,56)(H,57,58);;;/q;3*+1/p-3. The van der Waals surface area contributed by atoms with E-state index in [2.05, 4.69) is 9.97 Å². The number of aromatic carboxylic acids is 3. The number of benzene rings is 4. The minimum atomic E-state index is -1.31. The van der Waals surface area contributed by atoms with Gasteiger partial charge in [0.25, 0.3) is 0 Å². The number of fused-ring (bicyclic) bond motifs is 8. The number of nitrogens with one attached hydrogen (secondary N) is 2. The molecule has 280 valence electrons. The van der Waals surface area contributed by atoms with Crippen molar-refractivity contribution in [2.45, 2.75) is 0 Å². The van der Waals surface area contributed by atoms with E-state index in [1.807, 2.05) is 48.6 Å². The van der Waals surface area contributed by atoms with E-state index < -0.39 is 17.9 Å². The molecule has 4 aromatic carbocycles. The van der Waals surface area contributed by atoms with E-state index in [1.54, 1.807) is 60.7 Å². The zero-order valence-corrected chi connectivity index (χ0v) is 39.1. The number of phenols is 1. The molecule has 2 aliphatic rings. The molecule has 0 radical (unpaired) electrons. The topological polar surface area (TPSA) is 198 Å². The smallest absolute Gasteiger partial charge is 0.545 e. The van der Waals surface area contributed by atoms with Gasteiger partial charge in [0, 0.05) is 44.3 Å². The third-order valence-corrected chi connectivity index (χ3v) is 10.1. The van der Waals surface area contributed by atoms with E-state index in [0.29, 0.717) is 78.2 Å². The van der Waals surface area contributed by atoms with Gasteiger partial charge in [0.05, 0.1) is 40.7 Å². The van der Waals surface area contributed by atoms with Crippen LogP contribution in [-0.2, 0) is 0 Å². The van der Waals surface area contributed by atoms with Crippen molar-refractivity contribution in [2.75, 3.05) is 0 Å². The monoisotopic (exact) mass is 828 g/mol. The number of aromatic nitrogens is 4. The maximum Gasteiger partial charge on any atom is 1.00 e. The Balaban J connectivity index is 0.00000207. The molecular formula is C47H27N4Na3O7. The van der Waals surface area contributed by atoms with Gasteiger partial charge in [-0.15, -0.1) is 0 Å². The summed E-state index contributed by atoms with van der Waals surface area (Å²) >= 11 is 0. The Labute approximate surface area is 414 Å². The Bertz CT molecular complexity index is 3030. The molecule has 0 saturated heterocycles. The summed E-state index contributed by atoms with van der Waals surface area (Å²) in [6, 6.07) is 33.4. The number of nitrogens with zero attached hydrogens (tertiary/aromatic N) is 2. The van der Waals surface area contributed by atoms with Crippen molar-refractivity contribution in [1.82, 2.24) is 19.9 Å². The molecule has 11 nitrogen and oxygen atoms in total. The van der Waals surface area contributed by atoms with Crippen LogP contribution in [0.4, 0.5) is 0 Å². The van der Waals surface area contributed by atoms with Gasteiger partial charge in [-0.05, 0) is 99.6 Å². The average Bonchev–Trinajstić information content (AvgIpc) is 4.07. The quantitative estimate of drug-likeness (QED) is 0.142. The second-order valence-electron chi connectivity index (χ2n) is 13.6. The second-order valence-corrected chi connectivity index (χ2v) is 13.6. The summed E-state index contributed by atoms with van der Waals surface area (Å²) in [5, 5.41) is 45.3. The van der Waals surface area contributed by atoms with Crippen molar-refractivity contribution in [3.05, 3.63) is 161 Å². The van der Waals surface area contributed by atoms with Crippen molar-refractivity contribution < 1.29 is 123 Å². The van der Waals surface area contributed by atoms with E-state index in [0.717, 1.165) is 11.1 Å². The molecule has 7 aromatic rings. The minimum Gasteiger partial charge on any atom is -0.545 e. The van der Waals surface area contributed by atoms with Gasteiger partial charge in [-0.25, -0.2) is 9.97 Å². The first-order valence-corrected chi connectivity index (χ1v) is 18.0. The fourth-order valence-electron chi connectivity index (χ4n) is 7.37. The summed E-state index contributed by atoms with van der Waals surface area (Å²) in [6.45, 7) is 0. The van der Waals surface area contributed by atoms with E-state index in [-0.39, 0.29) is 111 Å². The number of hydrogen-bond acceptors (Lipinski definition) is 9. The minimum absolute atomic E-state index is 0. The summed E-state index contributed by atoms with van der Waals surface area (Å²) in [5.41, 5.74) is 10.5. The van der Waals surface area contributed by atoms with E-state index in [9.17, 15) is 34.8 Å². The number of carbonyl (C=O) groups excluding carboxylic acids is 3. The zero-order valence-electron chi connectivity index (χ0n) is 33.1. The number of phenolic OH excluding ortho intramolecular Hbond substituents is 1. The van der Waals surface area contributed by atoms with Gasteiger partial charge >= 0.3 is 88.7 Å². The Morgan fingerprint density at radius 1 is 0.377 bits per heavy atom. The van der Waals surface area contributed by atoms with Crippen LogP contribution in [0.1, 0.15) is 53.8 Å². The summed E-state index contributed by atoms with van der Waals surface area (Å²) in [5.74, 6) is -3.82. The molecule has 5 heterocycles. The molecule has 2 aliphatic heterocycles. The Morgan fingerprint density at radius 2 is 0.607 bits per heavy atom. The number of carboxylic acid groups (broad SMARTS) is 3. The number of carboxylic acids is 3. The SMILES string of the molecule is O=C([O-])c1ccc(-c2c3nc(c(-c4ccc(C(=O)[O-])cc4)c4ccc([nH]4)c(-c4ccc(C(=O)[O-])cc4)c4nc(c(-c5ccc(O)cc5)c5ccc2[nH]5)C=C4)C=C3)cc1.[Na+].[Na+].[Na+]. The fourth-order valence-corrected chi connectivity index (χ4v) is 7.37. The molecule has 0 saturated carbocycles.